The maximum absolute atomic E-state index is 11.5. The van der Waals surface area contributed by atoms with Gasteiger partial charge in [-0.3, -0.25) is 0 Å². The van der Waals surface area contributed by atoms with Gasteiger partial charge in [-0.1, -0.05) is 0 Å². The first-order valence-corrected chi connectivity index (χ1v) is 3.34. The van der Waals surface area contributed by atoms with Gasteiger partial charge < -0.3 is 10.5 Å². The minimum Gasteiger partial charge on any atom is -0.372 e. The smallest absolute Gasteiger partial charge is 0.261 e. The fraction of sp³-hybridized carbons (Fsp3) is 1.00. The van der Waals surface area contributed by atoms with E-state index in [9.17, 15) is 8.78 Å². The van der Waals surface area contributed by atoms with E-state index >= 15 is 0 Å². The molecule has 1 saturated carbocycles. The molecule has 0 saturated heterocycles. The second-order valence-corrected chi connectivity index (χ2v) is 2.58. The molecule has 0 spiro atoms. The van der Waals surface area contributed by atoms with Crippen LogP contribution in [0.25, 0.3) is 0 Å². The highest BCUT2D eigenvalue weighted by molar-refractivity contribution is 4.82. The molecule has 0 unspecified atom stereocenters. The number of ether oxygens (including phenoxy) is 1. The SMILES string of the molecule is NC1CC(OCC(F)F)C1. The number of nitrogens with two attached hydrogens (primary N) is 1. The lowest BCUT2D eigenvalue weighted by Gasteiger charge is -2.31. The van der Waals surface area contributed by atoms with Crippen LogP contribution in [0.15, 0.2) is 0 Å². The van der Waals surface area contributed by atoms with Gasteiger partial charge in [0.15, 0.2) is 0 Å². The van der Waals surface area contributed by atoms with Crippen LogP contribution in [0.1, 0.15) is 12.8 Å². The third-order valence-electron chi connectivity index (χ3n) is 1.59. The van der Waals surface area contributed by atoms with Crippen molar-refractivity contribution in [3.05, 3.63) is 0 Å². The summed E-state index contributed by atoms with van der Waals surface area (Å²) in [7, 11) is 0. The van der Waals surface area contributed by atoms with Crippen molar-refractivity contribution in [3.8, 4) is 0 Å². The van der Waals surface area contributed by atoms with E-state index in [-0.39, 0.29) is 12.1 Å². The van der Waals surface area contributed by atoms with E-state index in [1.807, 2.05) is 0 Å². The number of alkyl halides is 2. The average molecular weight is 151 g/mol. The quantitative estimate of drug-likeness (QED) is 0.646. The molecule has 0 amide bonds. The summed E-state index contributed by atoms with van der Waals surface area (Å²) in [6.07, 6.45) is -0.903. The number of rotatable bonds is 3. The largest absolute Gasteiger partial charge is 0.372 e. The van der Waals surface area contributed by atoms with Crippen LogP contribution in [0.4, 0.5) is 8.78 Å². The standard InChI is InChI=1S/C6H11F2NO/c7-6(8)3-10-5-1-4(9)2-5/h4-6H,1-3,9H2. The molecular formula is C6H11F2NO. The second-order valence-electron chi connectivity index (χ2n) is 2.58. The van der Waals surface area contributed by atoms with Gasteiger partial charge in [-0.25, -0.2) is 8.78 Å². The minimum absolute atomic E-state index is 0.0102. The highest BCUT2D eigenvalue weighted by Gasteiger charge is 2.27. The Morgan fingerprint density at radius 3 is 2.50 bits per heavy atom. The van der Waals surface area contributed by atoms with Crippen LogP contribution >= 0.6 is 0 Å². The number of halogens is 2. The monoisotopic (exact) mass is 151 g/mol. The van der Waals surface area contributed by atoms with Crippen molar-refractivity contribution in [2.75, 3.05) is 6.61 Å². The van der Waals surface area contributed by atoms with E-state index in [0.717, 1.165) is 12.8 Å². The molecule has 2 N–H and O–H groups in total. The van der Waals surface area contributed by atoms with Crippen molar-refractivity contribution in [1.29, 1.82) is 0 Å². The van der Waals surface area contributed by atoms with Gasteiger partial charge in [0.1, 0.15) is 6.61 Å². The maximum Gasteiger partial charge on any atom is 0.261 e. The van der Waals surface area contributed by atoms with E-state index in [0.29, 0.717) is 0 Å². The zero-order valence-corrected chi connectivity index (χ0v) is 5.59. The number of hydrogen-bond donors (Lipinski definition) is 1. The maximum atomic E-state index is 11.5. The highest BCUT2D eigenvalue weighted by atomic mass is 19.3. The summed E-state index contributed by atoms with van der Waals surface area (Å²) >= 11 is 0. The van der Waals surface area contributed by atoms with Crippen LogP contribution in [-0.2, 0) is 4.74 Å². The van der Waals surface area contributed by atoms with Gasteiger partial charge in [0.2, 0.25) is 0 Å². The number of hydrogen-bond acceptors (Lipinski definition) is 2. The topological polar surface area (TPSA) is 35.2 Å². The lowest BCUT2D eigenvalue weighted by atomic mass is 9.90. The fourth-order valence-corrected chi connectivity index (χ4v) is 0.951. The molecular weight excluding hydrogens is 140 g/mol. The molecule has 1 aliphatic rings. The Morgan fingerprint density at radius 1 is 1.50 bits per heavy atom. The van der Waals surface area contributed by atoms with Crippen LogP contribution in [-0.4, -0.2) is 25.2 Å². The molecule has 1 rings (SSSR count). The zero-order chi connectivity index (χ0) is 7.56. The Labute approximate surface area is 58.3 Å². The summed E-state index contributed by atoms with van der Waals surface area (Å²) in [5, 5.41) is 0. The molecule has 0 bridgehead atoms. The molecule has 10 heavy (non-hydrogen) atoms. The molecule has 0 aromatic rings. The van der Waals surface area contributed by atoms with Gasteiger partial charge in [0.25, 0.3) is 6.43 Å². The molecule has 2 nitrogen and oxygen atoms in total. The zero-order valence-electron chi connectivity index (χ0n) is 5.59. The van der Waals surface area contributed by atoms with Crippen molar-refractivity contribution in [2.45, 2.75) is 31.4 Å². The minimum atomic E-state index is -2.35. The van der Waals surface area contributed by atoms with Crippen LogP contribution in [0.3, 0.4) is 0 Å². The van der Waals surface area contributed by atoms with E-state index < -0.39 is 13.0 Å². The molecule has 0 atom stereocenters. The summed E-state index contributed by atoms with van der Waals surface area (Å²) in [5.74, 6) is 0. The predicted molar refractivity (Wildman–Crippen MR) is 33.0 cm³/mol. The van der Waals surface area contributed by atoms with Gasteiger partial charge in [-0.05, 0) is 12.8 Å². The van der Waals surface area contributed by atoms with Crippen molar-refractivity contribution in [2.24, 2.45) is 5.73 Å². The van der Waals surface area contributed by atoms with E-state index in [4.69, 9.17) is 10.5 Å². The van der Waals surface area contributed by atoms with Crippen LogP contribution in [0, 0.1) is 0 Å². The lowest BCUT2D eigenvalue weighted by Crippen LogP contribution is -2.42. The highest BCUT2D eigenvalue weighted by Crippen LogP contribution is 2.21. The fourth-order valence-electron chi connectivity index (χ4n) is 0.951. The first-order valence-electron chi connectivity index (χ1n) is 3.34. The molecule has 60 valence electrons. The molecule has 0 radical (unpaired) electrons. The average Bonchev–Trinajstić information content (AvgIpc) is 1.77. The van der Waals surface area contributed by atoms with E-state index in [1.54, 1.807) is 0 Å². The molecule has 4 heteroatoms. The summed E-state index contributed by atoms with van der Waals surface area (Å²) in [6, 6.07) is 0.169. The van der Waals surface area contributed by atoms with Gasteiger partial charge in [0, 0.05) is 6.04 Å². The van der Waals surface area contributed by atoms with Crippen LogP contribution in [0.5, 0.6) is 0 Å². The third-order valence-corrected chi connectivity index (χ3v) is 1.59. The Kier molecular flexibility index (Phi) is 2.56. The summed E-state index contributed by atoms with van der Waals surface area (Å²) < 4.78 is 27.8. The Balaban J connectivity index is 1.95. The molecule has 0 aromatic carbocycles. The summed E-state index contributed by atoms with van der Waals surface area (Å²) in [5.41, 5.74) is 5.41. The summed E-state index contributed by atoms with van der Waals surface area (Å²) in [4.78, 5) is 0. The normalized spacial score (nSPS) is 32.4. The van der Waals surface area contributed by atoms with Crippen LogP contribution in [0.2, 0.25) is 0 Å². The second kappa shape index (κ2) is 3.25. The first kappa shape index (κ1) is 7.88. The summed E-state index contributed by atoms with van der Waals surface area (Å²) in [6.45, 7) is -0.447. The molecule has 0 heterocycles. The Bertz CT molecular complexity index is 104. The lowest BCUT2D eigenvalue weighted by molar-refractivity contribution is -0.0593. The van der Waals surface area contributed by atoms with Gasteiger partial charge in [-0.15, -0.1) is 0 Å². The van der Waals surface area contributed by atoms with Crippen molar-refractivity contribution in [1.82, 2.24) is 0 Å². The van der Waals surface area contributed by atoms with Crippen molar-refractivity contribution in [3.63, 3.8) is 0 Å². The molecule has 1 aliphatic carbocycles. The van der Waals surface area contributed by atoms with Crippen molar-refractivity contribution < 1.29 is 13.5 Å². The van der Waals surface area contributed by atoms with E-state index in [1.165, 1.54) is 0 Å². The first-order chi connectivity index (χ1) is 4.68. The van der Waals surface area contributed by atoms with Crippen LogP contribution < -0.4 is 5.73 Å². The third kappa shape index (κ3) is 2.19. The van der Waals surface area contributed by atoms with Gasteiger partial charge in [-0.2, -0.15) is 0 Å². The van der Waals surface area contributed by atoms with E-state index in [2.05, 4.69) is 0 Å². The van der Waals surface area contributed by atoms with Gasteiger partial charge in [0.05, 0.1) is 6.10 Å². The Morgan fingerprint density at radius 2 is 2.10 bits per heavy atom. The Hall–Kier alpha value is -0.220. The molecule has 0 aliphatic heterocycles. The molecule has 1 fully saturated rings. The predicted octanol–water partition coefficient (Wildman–Crippen LogP) is 0.758. The van der Waals surface area contributed by atoms with Crippen molar-refractivity contribution >= 4 is 0 Å². The van der Waals surface area contributed by atoms with Gasteiger partial charge >= 0.3 is 0 Å². The molecule has 0 aromatic heterocycles.